The third kappa shape index (κ3) is 7.57. The quantitative estimate of drug-likeness (QED) is 0.188. The minimum atomic E-state index is -1.28. The second-order valence-corrected chi connectivity index (χ2v) is 6.78. The van der Waals surface area contributed by atoms with Gasteiger partial charge in [0.25, 0.3) is 11.8 Å². The van der Waals surface area contributed by atoms with Gasteiger partial charge in [-0.1, -0.05) is 24.0 Å². The van der Waals surface area contributed by atoms with Gasteiger partial charge in [0.15, 0.2) is 0 Å². The Bertz CT molecular complexity index is 983. The molecule has 0 heterocycles. The average molecular weight is 420 g/mol. The first-order valence-electron chi connectivity index (χ1n) is 9.66. The summed E-state index contributed by atoms with van der Waals surface area (Å²) in [5, 5.41) is 32.4. The van der Waals surface area contributed by atoms with Crippen LogP contribution in [0.1, 0.15) is 40.4 Å². The fraction of sp³-hybridized carbons (Fsp3) is 0.261. The minimum absolute atomic E-state index is 0.287. The first kappa shape index (κ1) is 23.6. The largest absolute Gasteiger partial charge is 0.391 e. The van der Waals surface area contributed by atoms with Crippen molar-refractivity contribution < 1.29 is 19.9 Å². The van der Waals surface area contributed by atoms with E-state index in [4.69, 9.17) is 10.5 Å². The maximum atomic E-state index is 12.3. The van der Waals surface area contributed by atoms with Crippen LogP contribution in [0.25, 0.3) is 0 Å². The highest BCUT2D eigenvalue weighted by Crippen LogP contribution is 2.07. The summed E-state index contributed by atoms with van der Waals surface area (Å²) >= 11 is 0. The number of carbonyl (C=O) groups is 2. The lowest BCUT2D eigenvalue weighted by Crippen LogP contribution is -2.51. The summed E-state index contributed by atoms with van der Waals surface area (Å²) < 4.78 is 0. The molecule has 0 saturated carbocycles. The Kier molecular flexibility index (Phi) is 9.21. The van der Waals surface area contributed by atoms with E-state index in [1.807, 2.05) is 24.3 Å². The van der Waals surface area contributed by atoms with E-state index in [-0.39, 0.29) is 5.56 Å². The molecule has 8 nitrogen and oxygen atoms in total. The molecule has 0 saturated heterocycles. The molecule has 8 heteroatoms. The number of hydrogen-bond donors (Lipinski definition) is 5. The molecule has 2 aromatic carbocycles. The van der Waals surface area contributed by atoms with E-state index in [9.17, 15) is 14.7 Å². The Hall–Kier alpha value is -3.69. The van der Waals surface area contributed by atoms with Crippen LogP contribution in [-0.2, 0) is 11.3 Å². The molecule has 2 aromatic rings. The zero-order valence-corrected chi connectivity index (χ0v) is 17.1. The summed E-state index contributed by atoms with van der Waals surface area (Å²) in [6.07, 6.45) is -0.704. The molecule has 31 heavy (non-hydrogen) atoms. The van der Waals surface area contributed by atoms with Crippen molar-refractivity contribution in [1.82, 2.24) is 16.1 Å². The molecule has 2 atom stereocenters. The molecular formula is C23H24N4O4. The number of hydroxylamine groups is 1. The van der Waals surface area contributed by atoms with Crippen molar-refractivity contribution in [1.29, 1.82) is 5.26 Å². The second kappa shape index (κ2) is 12.1. The SMILES string of the molecule is CC(O)C(NC(=O)c1ccc(C#Cc2ccc(CNCCC#N)cc2)cc1)C(=O)NO. The van der Waals surface area contributed by atoms with Crippen LogP contribution in [0.5, 0.6) is 0 Å². The number of benzene rings is 2. The second-order valence-electron chi connectivity index (χ2n) is 6.78. The van der Waals surface area contributed by atoms with Gasteiger partial charge in [-0.15, -0.1) is 0 Å². The summed E-state index contributed by atoms with van der Waals surface area (Å²) in [6, 6.07) is 15.1. The molecule has 160 valence electrons. The van der Waals surface area contributed by atoms with Crippen molar-refractivity contribution in [3.05, 3.63) is 70.8 Å². The van der Waals surface area contributed by atoms with Crippen molar-refractivity contribution in [2.24, 2.45) is 0 Å². The van der Waals surface area contributed by atoms with Gasteiger partial charge >= 0.3 is 0 Å². The maximum absolute atomic E-state index is 12.3. The lowest BCUT2D eigenvalue weighted by atomic mass is 10.1. The van der Waals surface area contributed by atoms with Gasteiger partial charge in [-0.05, 0) is 48.9 Å². The fourth-order valence-corrected chi connectivity index (χ4v) is 2.63. The molecule has 0 aliphatic rings. The van der Waals surface area contributed by atoms with Crippen molar-refractivity contribution >= 4 is 11.8 Å². The zero-order chi connectivity index (χ0) is 22.6. The van der Waals surface area contributed by atoms with E-state index >= 15 is 0 Å². The number of hydrogen-bond acceptors (Lipinski definition) is 6. The van der Waals surface area contributed by atoms with Crippen molar-refractivity contribution in [3.8, 4) is 17.9 Å². The third-order valence-corrected chi connectivity index (χ3v) is 4.36. The standard InChI is InChI=1S/C23H24N4O4/c1-16(28)21(23(30)27-31)26-22(29)20-11-9-18(10-12-20)4-3-17-5-7-19(8-6-17)15-25-14-2-13-24/h5-12,16,21,25,28,31H,2,14-15H2,1H3,(H,26,29)(H,27,30). The normalized spacial score (nSPS) is 11.9. The molecule has 0 aromatic heterocycles. The lowest BCUT2D eigenvalue weighted by Gasteiger charge is -2.19. The van der Waals surface area contributed by atoms with E-state index in [1.54, 1.807) is 24.3 Å². The van der Waals surface area contributed by atoms with Crippen LogP contribution in [0.3, 0.4) is 0 Å². The summed E-state index contributed by atoms with van der Waals surface area (Å²) in [5.74, 6) is 4.61. The van der Waals surface area contributed by atoms with E-state index in [0.717, 1.165) is 11.1 Å². The van der Waals surface area contributed by atoms with Gasteiger partial charge in [0.05, 0.1) is 12.2 Å². The van der Waals surface area contributed by atoms with Gasteiger partial charge in [0.2, 0.25) is 0 Å². The number of aliphatic hydroxyl groups is 1. The number of nitrogens with zero attached hydrogens (tertiary/aromatic N) is 1. The molecule has 2 amide bonds. The van der Waals surface area contributed by atoms with Gasteiger partial charge in [-0.3, -0.25) is 14.8 Å². The fourth-order valence-electron chi connectivity index (χ4n) is 2.63. The van der Waals surface area contributed by atoms with Crippen LogP contribution in [0.4, 0.5) is 0 Å². The van der Waals surface area contributed by atoms with Gasteiger partial charge in [-0.25, -0.2) is 5.48 Å². The van der Waals surface area contributed by atoms with E-state index in [2.05, 4.69) is 28.5 Å². The van der Waals surface area contributed by atoms with Crippen LogP contribution in [0.2, 0.25) is 0 Å². The number of amides is 2. The highest BCUT2D eigenvalue weighted by atomic mass is 16.5. The molecule has 0 spiro atoms. The number of aliphatic hydroxyl groups excluding tert-OH is 1. The molecule has 0 aliphatic carbocycles. The van der Waals surface area contributed by atoms with Crippen molar-refractivity contribution in [2.75, 3.05) is 6.54 Å². The zero-order valence-electron chi connectivity index (χ0n) is 17.1. The molecule has 2 unspecified atom stereocenters. The topological polar surface area (TPSA) is 134 Å². The van der Waals surface area contributed by atoms with Gasteiger partial charge < -0.3 is 15.7 Å². The highest BCUT2D eigenvalue weighted by Gasteiger charge is 2.25. The van der Waals surface area contributed by atoms with Gasteiger partial charge in [0.1, 0.15) is 6.04 Å². The third-order valence-electron chi connectivity index (χ3n) is 4.36. The Morgan fingerprint density at radius 2 is 1.61 bits per heavy atom. The first-order valence-corrected chi connectivity index (χ1v) is 9.66. The Balaban J connectivity index is 1.97. The highest BCUT2D eigenvalue weighted by molar-refractivity contribution is 5.97. The smallest absolute Gasteiger partial charge is 0.268 e. The molecule has 0 bridgehead atoms. The van der Waals surface area contributed by atoms with Crippen LogP contribution in [0.15, 0.2) is 48.5 Å². The first-order chi connectivity index (χ1) is 14.9. The van der Waals surface area contributed by atoms with Crippen LogP contribution in [-0.4, -0.2) is 40.8 Å². The number of rotatable bonds is 8. The summed E-state index contributed by atoms with van der Waals surface area (Å²) in [5.41, 5.74) is 4.36. The van der Waals surface area contributed by atoms with Gasteiger partial charge in [0, 0.05) is 36.2 Å². The minimum Gasteiger partial charge on any atom is -0.391 e. The molecule has 0 radical (unpaired) electrons. The van der Waals surface area contributed by atoms with E-state index < -0.39 is 24.0 Å². The van der Waals surface area contributed by atoms with Crippen LogP contribution in [0, 0.1) is 23.2 Å². The number of nitrogens with one attached hydrogen (secondary N) is 3. The van der Waals surface area contributed by atoms with Gasteiger partial charge in [-0.2, -0.15) is 5.26 Å². The van der Waals surface area contributed by atoms with Crippen molar-refractivity contribution in [3.63, 3.8) is 0 Å². The molecule has 0 fully saturated rings. The Morgan fingerprint density at radius 3 is 2.13 bits per heavy atom. The molecular weight excluding hydrogens is 396 g/mol. The van der Waals surface area contributed by atoms with Crippen molar-refractivity contribution in [2.45, 2.75) is 32.0 Å². The lowest BCUT2D eigenvalue weighted by molar-refractivity contribution is -0.133. The number of nitriles is 1. The average Bonchev–Trinajstić information content (AvgIpc) is 2.79. The van der Waals surface area contributed by atoms with E-state index in [0.29, 0.717) is 25.1 Å². The van der Waals surface area contributed by atoms with Crippen LogP contribution >= 0.6 is 0 Å². The Morgan fingerprint density at radius 1 is 1.03 bits per heavy atom. The molecule has 5 N–H and O–H groups in total. The summed E-state index contributed by atoms with van der Waals surface area (Å²) in [6.45, 7) is 2.67. The van der Waals surface area contributed by atoms with E-state index in [1.165, 1.54) is 12.4 Å². The monoisotopic (exact) mass is 420 g/mol. The maximum Gasteiger partial charge on any atom is 0.268 e. The molecule has 2 rings (SSSR count). The van der Waals surface area contributed by atoms with Crippen LogP contribution < -0.4 is 16.1 Å². The predicted molar refractivity (Wildman–Crippen MR) is 114 cm³/mol. The predicted octanol–water partition coefficient (Wildman–Crippen LogP) is 1.07. The summed E-state index contributed by atoms with van der Waals surface area (Å²) in [4.78, 5) is 23.8. The molecule has 0 aliphatic heterocycles. The Labute approximate surface area is 180 Å². The number of carbonyl (C=O) groups excluding carboxylic acids is 2. The summed E-state index contributed by atoms with van der Waals surface area (Å²) in [7, 11) is 0.